The van der Waals surface area contributed by atoms with E-state index in [4.69, 9.17) is 14.2 Å². The first-order valence-electron chi connectivity index (χ1n) is 18.9. The normalized spacial score (nSPS) is 17.4. The minimum atomic E-state index is -1.15. The molecule has 1 saturated heterocycles. The van der Waals surface area contributed by atoms with Crippen molar-refractivity contribution in [3.05, 3.63) is 52.7 Å². The number of carbonyl (C=O) groups is 4. The van der Waals surface area contributed by atoms with Gasteiger partial charge in [-0.15, -0.1) is 6.58 Å². The summed E-state index contributed by atoms with van der Waals surface area (Å²) in [6, 6.07) is 3.75. The molecule has 4 amide bonds. The third-order valence-corrected chi connectivity index (χ3v) is 10.5. The molecule has 4 rings (SSSR count). The van der Waals surface area contributed by atoms with Gasteiger partial charge in [0, 0.05) is 42.0 Å². The molecule has 0 bridgehead atoms. The van der Waals surface area contributed by atoms with Gasteiger partial charge in [-0.2, -0.15) is 0 Å². The molecular formula is C41H61N5O8S. The van der Waals surface area contributed by atoms with Gasteiger partial charge in [0.2, 0.25) is 18.2 Å². The zero-order valence-electron chi connectivity index (χ0n) is 34.0. The molecule has 2 heterocycles. The Hall–Kier alpha value is -4.30. The molecule has 55 heavy (non-hydrogen) atoms. The van der Waals surface area contributed by atoms with E-state index in [-0.39, 0.29) is 35.0 Å². The first-order valence-corrected chi connectivity index (χ1v) is 19.7. The largest absolute Gasteiger partial charge is 0.496 e. The van der Waals surface area contributed by atoms with Gasteiger partial charge in [0.15, 0.2) is 11.3 Å². The van der Waals surface area contributed by atoms with Crippen LogP contribution in [0.4, 0.5) is 0 Å². The molecule has 14 heteroatoms. The van der Waals surface area contributed by atoms with Gasteiger partial charge in [-0.05, 0) is 81.2 Å². The number of methoxy groups -OCH3 is 2. The van der Waals surface area contributed by atoms with Crippen LogP contribution in [0.3, 0.4) is 0 Å². The Morgan fingerprint density at radius 3 is 2.36 bits per heavy atom. The standard InChI is InChI=1S/C21H34N4O4S.C20H27NO4/c1-6-11-21(5,19(29)24-30-14-9-10-14)23-17(27)15-8-7-12-25(15)18(28)16(22-13-26)20(2,3)4;1-6-25-19-12-17(22)15-10-14(18(24-5)11-16(15)21-19)8-7-9-20(2,3)13-23-4/h6,13-16H,1,7-12H2,2-5H3,(H,22,26)(H,23,27)(H,24,29);7-8,10-12H,6,9,13H2,1-5H3,(H,21,22)/b;8-7+/t15?,16-,21-;/m1./s1. The number of hydrogen-bond donors (Lipinski definition) is 4. The second-order valence-electron chi connectivity index (χ2n) is 16.1. The van der Waals surface area contributed by atoms with Gasteiger partial charge >= 0.3 is 0 Å². The number of ether oxygens (including phenoxy) is 3. The Morgan fingerprint density at radius 1 is 1.07 bits per heavy atom. The van der Waals surface area contributed by atoms with Crippen molar-refractivity contribution >= 4 is 53.1 Å². The lowest BCUT2D eigenvalue weighted by molar-refractivity contribution is -0.144. The Kier molecular flexibility index (Phi) is 16.4. The van der Waals surface area contributed by atoms with Crippen molar-refractivity contribution in [2.75, 3.05) is 34.0 Å². The molecule has 2 aromatic rings. The number of likely N-dealkylation sites (tertiary alicyclic amines) is 1. The van der Waals surface area contributed by atoms with Crippen LogP contribution in [-0.4, -0.2) is 90.9 Å². The summed E-state index contributed by atoms with van der Waals surface area (Å²) in [6.45, 7) is 18.8. The van der Waals surface area contributed by atoms with E-state index in [9.17, 15) is 24.0 Å². The zero-order chi connectivity index (χ0) is 41.0. The number of allylic oxidation sites excluding steroid dienone is 1. The molecular weight excluding hydrogens is 723 g/mol. The van der Waals surface area contributed by atoms with Gasteiger partial charge in [-0.25, -0.2) is 0 Å². The van der Waals surface area contributed by atoms with Crippen molar-refractivity contribution in [2.45, 2.75) is 110 Å². The number of carbonyl (C=O) groups excluding carboxylic acids is 4. The SMILES string of the molecule is C=CC[C@@](C)(NC(=O)C1CCCN1C(=O)[C@@H](NC=O)C(C)(C)C)C(=O)NSC1CC1.CCOc1cc(=O)c2cc(/C=C/CC(C)(C)COC)c(OC)cc2[nH]1. The highest BCUT2D eigenvalue weighted by atomic mass is 32.2. The number of H-pyrrole nitrogens is 1. The molecule has 4 N–H and O–H groups in total. The molecule has 1 saturated carbocycles. The van der Waals surface area contributed by atoms with Crippen LogP contribution >= 0.6 is 11.9 Å². The lowest BCUT2D eigenvalue weighted by Gasteiger charge is -2.36. The number of benzene rings is 1. The third-order valence-electron chi connectivity index (χ3n) is 9.44. The Morgan fingerprint density at radius 2 is 1.78 bits per heavy atom. The minimum absolute atomic E-state index is 0.0548. The van der Waals surface area contributed by atoms with E-state index in [1.807, 2.05) is 45.9 Å². The number of nitrogens with one attached hydrogen (secondary N) is 4. The molecule has 0 spiro atoms. The fraction of sp³-hybridized carbons (Fsp3) is 0.585. The average molecular weight is 784 g/mol. The van der Waals surface area contributed by atoms with Crippen molar-refractivity contribution in [3.8, 4) is 11.6 Å². The second-order valence-corrected chi connectivity index (χ2v) is 17.2. The number of amides is 4. The van der Waals surface area contributed by atoms with Gasteiger partial charge in [-0.3, -0.25) is 28.7 Å². The zero-order valence-corrected chi connectivity index (χ0v) is 34.8. The van der Waals surface area contributed by atoms with E-state index in [0.717, 1.165) is 24.8 Å². The summed E-state index contributed by atoms with van der Waals surface area (Å²) in [7, 11) is 3.33. The molecule has 1 aliphatic carbocycles. The minimum Gasteiger partial charge on any atom is -0.496 e. The maximum Gasteiger partial charge on any atom is 0.255 e. The molecule has 13 nitrogen and oxygen atoms in total. The quantitative estimate of drug-likeness (QED) is 0.0864. The van der Waals surface area contributed by atoms with Crippen molar-refractivity contribution < 1.29 is 33.4 Å². The van der Waals surface area contributed by atoms with Gasteiger partial charge in [0.25, 0.3) is 5.91 Å². The summed E-state index contributed by atoms with van der Waals surface area (Å²) < 4.78 is 19.0. The summed E-state index contributed by atoms with van der Waals surface area (Å²) in [4.78, 5) is 67.0. The highest BCUT2D eigenvalue weighted by Gasteiger charge is 2.44. The van der Waals surface area contributed by atoms with E-state index in [1.54, 1.807) is 27.2 Å². The number of hydrogen-bond acceptors (Lipinski definition) is 9. The average Bonchev–Trinajstić information content (AvgIpc) is 3.81. The lowest BCUT2D eigenvalue weighted by Crippen LogP contribution is -2.61. The summed E-state index contributed by atoms with van der Waals surface area (Å²) in [6.07, 6.45) is 10.7. The van der Waals surface area contributed by atoms with E-state index in [2.05, 4.69) is 46.8 Å². The van der Waals surface area contributed by atoms with Crippen LogP contribution in [0, 0.1) is 10.8 Å². The van der Waals surface area contributed by atoms with Gasteiger partial charge in [0.1, 0.15) is 23.4 Å². The van der Waals surface area contributed by atoms with Crippen LogP contribution in [-0.2, 0) is 23.9 Å². The smallest absolute Gasteiger partial charge is 0.255 e. The molecule has 1 unspecified atom stereocenters. The maximum atomic E-state index is 13.1. The highest BCUT2D eigenvalue weighted by Crippen LogP contribution is 2.33. The Balaban J connectivity index is 0.000000300. The fourth-order valence-corrected chi connectivity index (χ4v) is 7.14. The first kappa shape index (κ1) is 45.1. The van der Waals surface area contributed by atoms with Crippen LogP contribution in [0.1, 0.15) is 92.6 Å². The van der Waals surface area contributed by atoms with Gasteiger partial charge in [0.05, 0.1) is 25.8 Å². The van der Waals surface area contributed by atoms with Crippen LogP contribution in [0.2, 0.25) is 0 Å². The predicted octanol–water partition coefficient (Wildman–Crippen LogP) is 5.53. The Bertz CT molecular complexity index is 1750. The monoisotopic (exact) mass is 783 g/mol. The Labute approximate surface area is 329 Å². The summed E-state index contributed by atoms with van der Waals surface area (Å²) >= 11 is 1.39. The summed E-state index contributed by atoms with van der Waals surface area (Å²) in [5.41, 5.74) is -0.0996. The van der Waals surface area contributed by atoms with Crippen molar-refractivity contribution in [1.82, 2.24) is 25.2 Å². The summed E-state index contributed by atoms with van der Waals surface area (Å²) in [5.74, 6) is 0.241. The van der Waals surface area contributed by atoms with E-state index in [0.29, 0.717) is 66.8 Å². The number of aromatic nitrogens is 1. The van der Waals surface area contributed by atoms with Crippen LogP contribution < -0.4 is 30.3 Å². The first-order chi connectivity index (χ1) is 25.9. The molecule has 1 aromatic carbocycles. The lowest BCUT2D eigenvalue weighted by atomic mass is 9.85. The number of nitrogens with zero attached hydrogens (tertiary/aromatic N) is 1. The third kappa shape index (κ3) is 12.9. The van der Waals surface area contributed by atoms with Crippen molar-refractivity contribution in [3.63, 3.8) is 0 Å². The van der Waals surface area contributed by atoms with Crippen LogP contribution in [0.15, 0.2) is 41.7 Å². The van der Waals surface area contributed by atoms with Crippen LogP contribution in [0.5, 0.6) is 11.6 Å². The predicted molar refractivity (Wildman–Crippen MR) is 219 cm³/mol. The van der Waals surface area contributed by atoms with E-state index < -0.39 is 23.0 Å². The summed E-state index contributed by atoms with van der Waals surface area (Å²) in [5, 5.41) is 6.51. The molecule has 0 radical (unpaired) electrons. The molecule has 2 fully saturated rings. The van der Waals surface area contributed by atoms with Crippen molar-refractivity contribution in [1.29, 1.82) is 0 Å². The van der Waals surface area contributed by atoms with E-state index in [1.165, 1.54) is 22.9 Å². The molecule has 304 valence electrons. The maximum absolute atomic E-state index is 13.1. The van der Waals surface area contributed by atoms with Gasteiger partial charge < -0.3 is 34.7 Å². The number of pyridine rings is 1. The molecule has 3 atom stereocenters. The second kappa shape index (κ2) is 20.0. The molecule has 1 aromatic heterocycles. The number of fused-ring (bicyclic) bond motifs is 1. The highest BCUT2D eigenvalue weighted by molar-refractivity contribution is 7.98. The number of rotatable bonds is 18. The van der Waals surface area contributed by atoms with Gasteiger partial charge in [-0.1, -0.05) is 52.8 Å². The topological polar surface area (TPSA) is 168 Å². The van der Waals surface area contributed by atoms with E-state index >= 15 is 0 Å². The van der Waals surface area contributed by atoms with Crippen molar-refractivity contribution in [2.24, 2.45) is 10.8 Å². The molecule has 1 aliphatic heterocycles. The molecule has 2 aliphatic rings. The van der Waals surface area contributed by atoms with Crippen LogP contribution in [0.25, 0.3) is 17.0 Å². The fourth-order valence-electron chi connectivity index (χ4n) is 6.27. The number of aromatic amines is 1.